The van der Waals surface area contributed by atoms with E-state index in [1.165, 1.54) is 22.0 Å². The number of carbonyl (C=O) groups is 2. The van der Waals surface area contributed by atoms with Crippen LogP contribution in [0.4, 0.5) is 5.00 Å². The van der Waals surface area contributed by atoms with E-state index in [9.17, 15) is 14.4 Å². The predicted octanol–water partition coefficient (Wildman–Crippen LogP) is 4.54. The lowest BCUT2D eigenvalue weighted by Gasteiger charge is -2.27. The van der Waals surface area contributed by atoms with Crippen molar-refractivity contribution in [3.63, 3.8) is 0 Å². The number of hydrogen-bond donors (Lipinski definition) is 1. The molecule has 1 saturated heterocycles. The zero-order valence-corrected chi connectivity index (χ0v) is 19.0. The summed E-state index contributed by atoms with van der Waals surface area (Å²) in [5.41, 5.74) is 2.37. The first-order chi connectivity index (χ1) is 15.5. The minimum Gasteiger partial charge on any atom is -0.339 e. The average molecular weight is 450 g/mol. The van der Waals surface area contributed by atoms with Crippen molar-refractivity contribution in [2.75, 3.05) is 18.4 Å². The topological polar surface area (TPSA) is 71.4 Å². The SMILES string of the molecule is Cc1c(-c2ccccc2)sc(NC(=O)CCn2ccccc2=O)c1C(=O)N1CCCCC1. The van der Waals surface area contributed by atoms with Gasteiger partial charge in [0.05, 0.1) is 5.56 Å². The Kier molecular flexibility index (Phi) is 6.85. The quantitative estimate of drug-likeness (QED) is 0.601. The Hall–Kier alpha value is -3.19. The molecule has 0 bridgehead atoms. The third kappa shape index (κ3) is 4.83. The van der Waals surface area contributed by atoms with Crippen LogP contribution in [0.15, 0.2) is 59.5 Å². The zero-order chi connectivity index (χ0) is 22.5. The normalized spacial score (nSPS) is 13.7. The molecule has 7 heteroatoms. The maximum Gasteiger partial charge on any atom is 0.257 e. The largest absolute Gasteiger partial charge is 0.339 e. The van der Waals surface area contributed by atoms with Crippen molar-refractivity contribution < 1.29 is 9.59 Å². The molecule has 1 aliphatic heterocycles. The molecule has 1 N–H and O–H groups in total. The van der Waals surface area contributed by atoms with Gasteiger partial charge in [0.25, 0.3) is 11.5 Å². The minimum atomic E-state index is -0.214. The smallest absolute Gasteiger partial charge is 0.257 e. The van der Waals surface area contributed by atoms with Crippen molar-refractivity contribution in [3.05, 3.63) is 76.2 Å². The van der Waals surface area contributed by atoms with Crippen molar-refractivity contribution in [2.24, 2.45) is 0 Å². The molecule has 0 unspecified atom stereocenters. The molecule has 1 aromatic carbocycles. The van der Waals surface area contributed by atoms with Crippen molar-refractivity contribution in [2.45, 2.75) is 39.2 Å². The molecule has 0 atom stereocenters. The molecular weight excluding hydrogens is 422 g/mol. The van der Waals surface area contributed by atoms with Crippen molar-refractivity contribution in [3.8, 4) is 10.4 Å². The Morgan fingerprint density at radius 3 is 2.44 bits per heavy atom. The van der Waals surface area contributed by atoms with Gasteiger partial charge in [-0.25, -0.2) is 0 Å². The van der Waals surface area contributed by atoms with Gasteiger partial charge in [0.1, 0.15) is 5.00 Å². The Bertz CT molecular complexity index is 1160. The van der Waals surface area contributed by atoms with Gasteiger partial charge in [-0.2, -0.15) is 0 Å². The standard InChI is InChI=1S/C25H27N3O3S/c1-18-22(25(31)28-15-7-3-8-16-28)24(32-23(18)19-10-4-2-5-11-19)26-20(29)13-17-27-14-9-6-12-21(27)30/h2,4-6,9-12,14H,3,7-8,13,15-17H2,1H3,(H,26,29). The van der Waals surface area contributed by atoms with Gasteiger partial charge >= 0.3 is 0 Å². The second-order valence-corrected chi connectivity index (χ2v) is 9.03. The highest BCUT2D eigenvalue weighted by molar-refractivity contribution is 7.20. The van der Waals surface area contributed by atoms with Crippen molar-refractivity contribution in [1.82, 2.24) is 9.47 Å². The summed E-state index contributed by atoms with van der Waals surface area (Å²) in [6.45, 7) is 3.74. The monoisotopic (exact) mass is 449 g/mol. The summed E-state index contributed by atoms with van der Waals surface area (Å²) in [5, 5.41) is 3.55. The summed E-state index contributed by atoms with van der Waals surface area (Å²) < 4.78 is 1.51. The third-order valence-corrected chi connectivity index (χ3v) is 7.03. The third-order valence-electron chi connectivity index (χ3n) is 5.77. The van der Waals surface area contributed by atoms with Crippen LogP contribution in [0.5, 0.6) is 0 Å². The van der Waals surface area contributed by atoms with E-state index >= 15 is 0 Å². The lowest BCUT2D eigenvalue weighted by atomic mass is 10.0. The molecule has 2 aromatic heterocycles. The highest BCUT2D eigenvalue weighted by Crippen LogP contribution is 2.40. The Labute approximate surface area is 191 Å². The molecule has 166 valence electrons. The Morgan fingerprint density at radius 2 is 1.72 bits per heavy atom. The van der Waals surface area contributed by atoms with Crippen molar-refractivity contribution >= 4 is 28.2 Å². The molecule has 6 nitrogen and oxygen atoms in total. The van der Waals surface area contributed by atoms with Crippen LogP contribution in [0.25, 0.3) is 10.4 Å². The maximum absolute atomic E-state index is 13.4. The van der Waals surface area contributed by atoms with E-state index in [0.29, 0.717) is 10.6 Å². The average Bonchev–Trinajstić information content (AvgIpc) is 3.14. The molecule has 3 heterocycles. The van der Waals surface area contributed by atoms with E-state index in [0.717, 1.165) is 48.4 Å². The molecule has 0 radical (unpaired) electrons. The van der Waals surface area contributed by atoms with Gasteiger partial charge in [0.15, 0.2) is 0 Å². The van der Waals surface area contributed by atoms with E-state index < -0.39 is 0 Å². The van der Waals surface area contributed by atoms with Crippen LogP contribution in [-0.4, -0.2) is 34.4 Å². The summed E-state index contributed by atoms with van der Waals surface area (Å²) in [6.07, 6.45) is 4.98. The van der Waals surface area contributed by atoms with Crippen LogP contribution in [0.1, 0.15) is 41.6 Å². The molecule has 1 fully saturated rings. The van der Waals surface area contributed by atoms with Crippen LogP contribution in [-0.2, 0) is 11.3 Å². The summed E-state index contributed by atoms with van der Waals surface area (Å²) in [4.78, 5) is 41.0. The highest BCUT2D eigenvalue weighted by atomic mass is 32.1. The number of anilines is 1. The van der Waals surface area contributed by atoms with Gasteiger partial charge in [0, 0.05) is 43.2 Å². The molecule has 32 heavy (non-hydrogen) atoms. The summed E-state index contributed by atoms with van der Waals surface area (Å²) in [5.74, 6) is -0.232. The highest BCUT2D eigenvalue weighted by Gasteiger charge is 2.27. The molecule has 0 aliphatic carbocycles. The fourth-order valence-corrected chi connectivity index (χ4v) is 5.26. The predicted molar refractivity (Wildman–Crippen MR) is 128 cm³/mol. The number of benzene rings is 1. The molecule has 0 saturated carbocycles. The number of aromatic nitrogens is 1. The summed E-state index contributed by atoms with van der Waals surface area (Å²) in [7, 11) is 0. The number of piperidine rings is 1. The summed E-state index contributed by atoms with van der Waals surface area (Å²) >= 11 is 1.44. The van der Waals surface area contributed by atoms with Gasteiger partial charge in [-0.05, 0) is 43.4 Å². The summed E-state index contributed by atoms with van der Waals surface area (Å²) in [6, 6.07) is 14.8. The first-order valence-electron chi connectivity index (χ1n) is 11.0. The molecule has 2 amide bonds. The fourth-order valence-electron chi connectivity index (χ4n) is 4.04. The number of thiophene rings is 1. The number of pyridine rings is 1. The van der Waals surface area contributed by atoms with Crippen LogP contribution >= 0.6 is 11.3 Å². The molecule has 1 aliphatic rings. The van der Waals surface area contributed by atoms with E-state index in [1.54, 1.807) is 18.3 Å². The van der Waals surface area contributed by atoms with Crippen LogP contribution in [0.2, 0.25) is 0 Å². The molecular formula is C25H27N3O3S. The van der Waals surface area contributed by atoms with E-state index in [2.05, 4.69) is 5.32 Å². The van der Waals surface area contributed by atoms with Gasteiger partial charge in [-0.15, -0.1) is 11.3 Å². The van der Waals surface area contributed by atoms with Crippen LogP contribution in [0.3, 0.4) is 0 Å². The fraction of sp³-hybridized carbons (Fsp3) is 0.320. The number of nitrogens with one attached hydrogen (secondary N) is 1. The number of nitrogens with zero attached hydrogens (tertiary/aromatic N) is 2. The van der Waals surface area contributed by atoms with Crippen LogP contribution < -0.4 is 10.9 Å². The number of carbonyl (C=O) groups excluding carboxylic acids is 2. The lowest BCUT2D eigenvalue weighted by Crippen LogP contribution is -2.36. The number of amides is 2. The zero-order valence-electron chi connectivity index (χ0n) is 18.2. The lowest BCUT2D eigenvalue weighted by molar-refractivity contribution is -0.116. The van der Waals surface area contributed by atoms with Gasteiger partial charge in [0.2, 0.25) is 5.91 Å². The first kappa shape index (κ1) is 22.0. The van der Waals surface area contributed by atoms with E-state index in [1.807, 2.05) is 42.2 Å². The minimum absolute atomic E-state index is 0.0183. The van der Waals surface area contributed by atoms with Gasteiger partial charge in [-0.1, -0.05) is 36.4 Å². The Morgan fingerprint density at radius 1 is 1.00 bits per heavy atom. The van der Waals surface area contributed by atoms with Crippen molar-refractivity contribution in [1.29, 1.82) is 0 Å². The van der Waals surface area contributed by atoms with Gasteiger partial charge < -0.3 is 14.8 Å². The maximum atomic E-state index is 13.4. The number of aryl methyl sites for hydroxylation is 1. The molecule has 3 aromatic rings. The van der Waals surface area contributed by atoms with Crippen LogP contribution in [0, 0.1) is 6.92 Å². The second kappa shape index (κ2) is 9.96. The second-order valence-electron chi connectivity index (χ2n) is 8.01. The number of hydrogen-bond acceptors (Lipinski definition) is 4. The first-order valence-corrected chi connectivity index (χ1v) is 11.8. The Balaban J connectivity index is 1.60. The number of likely N-dealkylation sites (tertiary alicyclic amines) is 1. The number of rotatable bonds is 6. The van der Waals surface area contributed by atoms with Gasteiger partial charge in [-0.3, -0.25) is 14.4 Å². The van der Waals surface area contributed by atoms with E-state index in [-0.39, 0.29) is 30.3 Å². The molecule has 0 spiro atoms. The van der Waals surface area contributed by atoms with E-state index in [4.69, 9.17) is 0 Å². The molecule has 4 rings (SSSR count).